The van der Waals surface area contributed by atoms with Gasteiger partial charge in [-0.15, -0.1) is 0 Å². The lowest BCUT2D eigenvalue weighted by Gasteiger charge is -2.37. The molecule has 0 amide bonds. The van der Waals surface area contributed by atoms with Crippen molar-refractivity contribution in [3.8, 4) is 5.75 Å². The first-order chi connectivity index (χ1) is 7.07. The fourth-order valence-electron chi connectivity index (χ4n) is 1.75. The Kier molecular flexibility index (Phi) is 2.77. The van der Waals surface area contributed by atoms with Crippen LogP contribution in [-0.4, -0.2) is 20.3 Å². The topological polar surface area (TPSA) is 18.5 Å². The smallest absolute Gasteiger partial charge is 0.123 e. The molecule has 0 N–H and O–H groups in total. The second-order valence-corrected chi connectivity index (χ2v) is 5.61. The van der Waals surface area contributed by atoms with Crippen molar-refractivity contribution in [2.45, 2.75) is 18.2 Å². The molecule has 1 aliphatic rings. The van der Waals surface area contributed by atoms with Crippen LogP contribution in [0.25, 0.3) is 0 Å². The fraction of sp³-hybridized carbons (Fsp3) is 0.500. The molecule has 2 nitrogen and oxygen atoms in total. The van der Waals surface area contributed by atoms with E-state index < -0.39 is 0 Å². The molecule has 0 spiro atoms. The molecule has 0 aromatic heterocycles. The number of hydrogen-bond acceptors (Lipinski definition) is 2. The Morgan fingerprint density at radius 2 is 1.87 bits per heavy atom. The van der Waals surface area contributed by atoms with Crippen LogP contribution in [0.1, 0.15) is 16.7 Å². The monoisotopic (exact) mass is 270 g/mol. The Labute approximate surface area is 98.7 Å². The van der Waals surface area contributed by atoms with E-state index >= 15 is 0 Å². The van der Waals surface area contributed by atoms with Crippen molar-refractivity contribution in [2.24, 2.45) is 0 Å². The van der Waals surface area contributed by atoms with Gasteiger partial charge >= 0.3 is 0 Å². The zero-order valence-corrected chi connectivity index (χ0v) is 10.8. The van der Waals surface area contributed by atoms with Gasteiger partial charge < -0.3 is 9.47 Å². The van der Waals surface area contributed by atoms with Gasteiger partial charge in [-0.25, -0.2) is 0 Å². The van der Waals surface area contributed by atoms with Gasteiger partial charge in [-0.3, -0.25) is 0 Å². The van der Waals surface area contributed by atoms with Crippen LogP contribution in [0.2, 0.25) is 0 Å². The molecule has 82 valence electrons. The van der Waals surface area contributed by atoms with Crippen molar-refractivity contribution in [1.29, 1.82) is 0 Å². The maximum absolute atomic E-state index is 5.42. The van der Waals surface area contributed by atoms with E-state index in [1.807, 2.05) is 0 Å². The van der Waals surface area contributed by atoms with E-state index in [9.17, 15) is 0 Å². The van der Waals surface area contributed by atoms with Gasteiger partial charge in [-0.05, 0) is 31.0 Å². The molecule has 1 fully saturated rings. The number of ether oxygens (including phenoxy) is 2. The molecule has 1 aliphatic heterocycles. The van der Waals surface area contributed by atoms with E-state index in [1.165, 1.54) is 16.7 Å². The van der Waals surface area contributed by atoms with Crippen LogP contribution in [0.4, 0.5) is 0 Å². The highest BCUT2D eigenvalue weighted by Crippen LogP contribution is 2.43. The van der Waals surface area contributed by atoms with Crippen LogP contribution in [-0.2, 0) is 9.06 Å². The minimum Gasteiger partial charge on any atom is -0.496 e. The van der Waals surface area contributed by atoms with E-state index in [-0.39, 0.29) is 4.32 Å². The van der Waals surface area contributed by atoms with Gasteiger partial charge in [0.05, 0.1) is 20.3 Å². The van der Waals surface area contributed by atoms with Crippen LogP contribution < -0.4 is 4.74 Å². The zero-order valence-electron chi connectivity index (χ0n) is 9.26. The number of hydrogen-bond donors (Lipinski definition) is 0. The predicted octanol–water partition coefficient (Wildman–Crippen LogP) is 2.93. The Morgan fingerprint density at radius 3 is 2.33 bits per heavy atom. The summed E-state index contributed by atoms with van der Waals surface area (Å²) < 4.78 is 10.6. The molecule has 1 heterocycles. The second-order valence-electron chi connectivity index (χ2n) is 4.09. The van der Waals surface area contributed by atoms with Gasteiger partial charge in [0.15, 0.2) is 0 Å². The highest BCUT2D eigenvalue weighted by Gasteiger charge is 2.40. The quantitative estimate of drug-likeness (QED) is 0.770. The first kappa shape index (κ1) is 11.0. The molecular formula is C12H15BrO2. The summed E-state index contributed by atoms with van der Waals surface area (Å²) in [6, 6.07) is 4.28. The van der Waals surface area contributed by atoms with Crippen molar-refractivity contribution in [2.75, 3.05) is 20.3 Å². The van der Waals surface area contributed by atoms with E-state index in [1.54, 1.807) is 7.11 Å². The van der Waals surface area contributed by atoms with Crippen LogP contribution in [0.3, 0.4) is 0 Å². The third kappa shape index (κ3) is 1.79. The van der Waals surface area contributed by atoms with Gasteiger partial charge in [0.2, 0.25) is 0 Å². The highest BCUT2D eigenvalue weighted by atomic mass is 79.9. The molecule has 0 saturated carbocycles. The van der Waals surface area contributed by atoms with Gasteiger partial charge in [0.25, 0.3) is 0 Å². The Morgan fingerprint density at radius 1 is 1.27 bits per heavy atom. The number of methoxy groups -OCH3 is 1. The molecule has 2 rings (SSSR count). The van der Waals surface area contributed by atoms with Crippen molar-refractivity contribution in [3.05, 3.63) is 28.8 Å². The summed E-state index contributed by atoms with van der Waals surface area (Å²) in [4.78, 5) is 0. The lowest BCUT2D eigenvalue weighted by Crippen LogP contribution is -2.41. The minimum absolute atomic E-state index is 0.0448. The van der Waals surface area contributed by atoms with Crippen LogP contribution in [0.5, 0.6) is 5.75 Å². The summed E-state index contributed by atoms with van der Waals surface area (Å²) in [5.74, 6) is 0.943. The molecule has 3 heteroatoms. The molecule has 0 atom stereocenters. The maximum Gasteiger partial charge on any atom is 0.123 e. The van der Waals surface area contributed by atoms with Gasteiger partial charge in [-0.1, -0.05) is 22.0 Å². The first-order valence-corrected chi connectivity index (χ1v) is 5.78. The standard InChI is InChI=1S/C12H15BrO2/c1-8-4-10(12(13)6-15-7-12)11(14-3)5-9(8)2/h4-5H,6-7H2,1-3H3. The number of benzene rings is 1. The zero-order chi connectivity index (χ0) is 11.1. The summed E-state index contributed by atoms with van der Waals surface area (Å²) in [5, 5.41) is 0. The molecule has 0 unspecified atom stereocenters. The molecule has 0 radical (unpaired) electrons. The molecular weight excluding hydrogens is 256 g/mol. The molecule has 1 aromatic carbocycles. The molecule has 0 aliphatic carbocycles. The molecule has 0 bridgehead atoms. The third-order valence-corrected chi connectivity index (χ3v) is 3.85. The lowest BCUT2D eigenvalue weighted by molar-refractivity contribution is -0.00791. The predicted molar refractivity (Wildman–Crippen MR) is 63.9 cm³/mol. The van der Waals surface area contributed by atoms with Crippen LogP contribution in [0, 0.1) is 13.8 Å². The largest absolute Gasteiger partial charge is 0.496 e. The van der Waals surface area contributed by atoms with E-state index in [4.69, 9.17) is 9.47 Å². The summed E-state index contributed by atoms with van der Waals surface area (Å²) in [5.41, 5.74) is 3.74. The summed E-state index contributed by atoms with van der Waals surface area (Å²) >= 11 is 3.72. The lowest BCUT2D eigenvalue weighted by atomic mass is 9.93. The van der Waals surface area contributed by atoms with E-state index in [0.29, 0.717) is 13.2 Å². The second kappa shape index (κ2) is 3.80. The first-order valence-electron chi connectivity index (χ1n) is 4.99. The van der Waals surface area contributed by atoms with E-state index in [2.05, 4.69) is 41.9 Å². The fourth-order valence-corrected chi connectivity index (χ4v) is 2.38. The van der Waals surface area contributed by atoms with Gasteiger partial charge in [0, 0.05) is 5.56 Å². The third-order valence-electron chi connectivity index (χ3n) is 2.96. The summed E-state index contributed by atoms with van der Waals surface area (Å²) in [6.45, 7) is 5.64. The minimum atomic E-state index is -0.0448. The number of rotatable bonds is 2. The molecule has 1 saturated heterocycles. The normalized spacial score (nSPS) is 18.4. The Hall–Kier alpha value is -0.540. The number of alkyl halides is 1. The van der Waals surface area contributed by atoms with Crippen molar-refractivity contribution >= 4 is 15.9 Å². The van der Waals surface area contributed by atoms with Gasteiger partial charge in [-0.2, -0.15) is 0 Å². The van der Waals surface area contributed by atoms with Crippen LogP contribution in [0.15, 0.2) is 12.1 Å². The molecule has 15 heavy (non-hydrogen) atoms. The average Bonchev–Trinajstić information content (AvgIpc) is 2.18. The summed E-state index contributed by atoms with van der Waals surface area (Å²) in [6.07, 6.45) is 0. The molecule has 1 aromatic rings. The van der Waals surface area contributed by atoms with E-state index in [0.717, 1.165) is 5.75 Å². The Bertz CT molecular complexity index is 383. The Balaban J connectivity index is 2.49. The van der Waals surface area contributed by atoms with Crippen molar-refractivity contribution in [1.82, 2.24) is 0 Å². The van der Waals surface area contributed by atoms with Gasteiger partial charge in [0.1, 0.15) is 10.1 Å². The van der Waals surface area contributed by atoms with Crippen LogP contribution >= 0.6 is 15.9 Å². The number of halogens is 1. The number of aryl methyl sites for hydroxylation is 2. The van der Waals surface area contributed by atoms with Crippen molar-refractivity contribution < 1.29 is 9.47 Å². The highest BCUT2D eigenvalue weighted by molar-refractivity contribution is 9.09. The summed E-state index contributed by atoms with van der Waals surface area (Å²) in [7, 11) is 1.71. The maximum atomic E-state index is 5.42. The van der Waals surface area contributed by atoms with Crippen molar-refractivity contribution in [3.63, 3.8) is 0 Å². The SMILES string of the molecule is COc1cc(C)c(C)cc1C1(Br)COC1. The average molecular weight is 271 g/mol.